The van der Waals surface area contributed by atoms with E-state index in [0.717, 1.165) is 44.0 Å². The number of nitrogens with one attached hydrogen (secondary N) is 1. The highest BCUT2D eigenvalue weighted by Gasteiger charge is 2.23. The molecule has 1 atom stereocenters. The Hall–Kier alpha value is -1.85. The predicted octanol–water partition coefficient (Wildman–Crippen LogP) is 3.10. The van der Waals surface area contributed by atoms with Crippen molar-refractivity contribution in [2.75, 3.05) is 19.6 Å². The van der Waals surface area contributed by atoms with Gasteiger partial charge in [0.05, 0.1) is 16.4 Å². The number of aryl methyl sites for hydroxylation is 2. The molecule has 1 aromatic carbocycles. The second kappa shape index (κ2) is 8.23. The number of hydrogen-bond acceptors (Lipinski definition) is 3. The number of aromatic nitrogens is 2. The number of carbonyl (C=O) groups is 1. The van der Waals surface area contributed by atoms with Crippen molar-refractivity contribution in [3.05, 3.63) is 51.8 Å². The lowest BCUT2D eigenvalue weighted by atomic mass is 10.1. The van der Waals surface area contributed by atoms with Crippen molar-refractivity contribution < 1.29 is 4.79 Å². The lowest BCUT2D eigenvalue weighted by Crippen LogP contribution is -2.33. The second-order valence-corrected chi connectivity index (χ2v) is 7.64. The fourth-order valence-corrected chi connectivity index (χ4v) is 3.67. The molecule has 1 N–H and O–H groups in total. The molecule has 140 valence electrons. The fraction of sp³-hybridized carbons (Fsp3) is 0.500. The Bertz CT molecular complexity index is 786. The summed E-state index contributed by atoms with van der Waals surface area (Å²) in [5.74, 6) is 0.497. The zero-order valence-electron chi connectivity index (χ0n) is 15.8. The lowest BCUT2D eigenvalue weighted by molar-refractivity contribution is -0.122. The number of halogens is 1. The number of rotatable bonds is 6. The molecule has 2 heterocycles. The largest absolute Gasteiger partial charge is 0.354 e. The number of hydrogen-bond donors (Lipinski definition) is 1. The Morgan fingerprint density at radius 1 is 1.31 bits per heavy atom. The maximum Gasteiger partial charge on any atom is 0.241 e. The maximum atomic E-state index is 12.2. The van der Waals surface area contributed by atoms with E-state index >= 15 is 0 Å². The van der Waals surface area contributed by atoms with Gasteiger partial charge in [0.25, 0.3) is 0 Å². The smallest absolute Gasteiger partial charge is 0.241 e. The molecule has 1 aliphatic rings. The standard InChI is InChI=1S/C20H27ClN4O/c1-14-6-4-5-7-18(14)12-24-9-8-17(11-24)10-22-19(26)13-25-16(3)20(21)15(2)23-25/h4-7,17H,8-13H2,1-3H3,(H,22,26). The monoisotopic (exact) mass is 374 g/mol. The number of amides is 1. The van der Waals surface area contributed by atoms with Crippen molar-refractivity contribution in [1.82, 2.24) is 20.0 Å². The molecule has 0 bridgehead atoms. The first-order valence-corrected chi connectivity index (χ1v) is 9.55. The molecular formula is C20H27ClN4O. The van der Waals surface area contributed by atoms with Gasteiger partial charge in [0.15, 0.2) is 0 Å². The van der Waals surface area contributed by atoms with Gasteiger partial charge in [-0.3, -0.25) is 14.4 Å². The van der Waals surface area contributed by atoms with E-state index in [1.165, 1.54) is 11.1 Å². The summed E-state index contributed by atoms with van der Waals surface area (Å²) in [6, 6.07) is 8.54. The van der Waals surface area contributed by atoms with Crippen LogP contribution in [-0.4, -0.2) is 40.2 Å². The van der Waals surface area contributed by atoms with E-state index in [0.29, 0.717) is 10.9 Å². The van der Waals surface area contributed by atoms with Crippen LogP contribution in [0.25, 0.3) is 0 Å². The van der Waals surface area contributed by atoms with Crippen molar-refractivity contribution >= 4 is 17.5 Å². The first-order chi connectivity index (χ1) is 12.4. The molecule has 0 spiro atoms. The van der Waals surface area contributed by atoms with Gasteiger partial charge < -0.3 is 5.32 Å². The van der Waals surface area contributed by atoms with Crippen LogP contribution < -0.4 is 5.32 Å². The normalized spacial score (nSPS) is 17.6. The average Bonchev–Trinajstić information content (AvgIpc) is 3.16. The van der Waals surface area contributed by atoms with E-state index in [4.69, 9.17) is 11.6 Å². The van der Waals surface area contributed by atoms with Gasteiger partial charge in [-0.05, 0) is 50.8 Å². The zero-order chi connectivity index (χ0) is 18.7. The first kappa shape index (κ1) is 18.9. The number of benzene rings is 1. The third-order valence-corrected chi connectivity index (χ3v) is 5.75. The van der Waals surface area contributed by atoms with Crippen molar-refractivity contribution in [3.63, 3.8) is 0 Å². The Labute approximate surface area is 160 Å². The van der Waals surface area contributed by atoms with Crippen molar-refractivity contribution in [2.45, 2.75) is 40.3 Å². The summed E-state index contributed by atoms with van der Waals surface area (Å²) in [4.78, 5) is 14.7. The average molecular weight is 375 g/mol. The van der Waals surface area contributed by atoms with Gasteiger partial charge in [0.1, 0.15) is 6.54 Å². The van der Waals surface area contributed by atoms with Gasteiger partial charge in [-0.1, -0.05) is 35.9 Å². The SMILES string of the molecule is Cc1ccccc1CN1CCC(CNC(=O)Cn2nc(C)c(Cl)c2C)C1. The third kappa shape index (κ3) is 4.46. The van der Waals surface area contributed by atoms with Crippen LogP contribution in [0.5, 0.6) is 0 Å². The highest BCUT2D eigenvalue weighted by atomic mass is 35.5. The van der Waals surface area contributed by atoms with Gasteiger partial charge in [0, 0.05) is 19.6 Å². The molecule has 6 heteroatoms. The van der Waals surface area contributed by atoms with Crippen LogP contribution in [0.2, 0.25) is 5.02 Å². The van der Waals surface area contributed by atoms with Crippen LogP contribution in [0.4, 0.5) is 0 Å². The molecule has 2 aromatic rings. The van der Waals surface area contributed by atoms with E-state index in [9.17, 15) is 4.79 Å². The molecular weight excluding hydrogens is 348 g/mol. The summed E-state index contributed by atoms with van der Waals surface area (Å²) in [7, 11) is 0. The molecule has 1 unspecified atom stereocenters. The zero-order valence-corrected chi connectivity index (χ0v) is 16.5. The van der Waals surface area contributed by atoms with Crippen molar-refractivity contribution in [1.29, 1.82) is 0 Å². The minimum Gasteiger partial charge on any atom is -0.354 e. The van der Waals surface area contributed by atoms with E-state index in [1.54, 1.807) is 4.68 Å². The quantitative estimate of drug-likeness (QED) is 0.845. The Kier molecular flexibility index (Phi) is 5.99. The highest BCUT2D eigenvalue weighted by molar-refractivity contribution is 6.31. The van der Waals surface area contributed by atoms with Crippen molar-refractivity contribution in [2.24, 2.45) is 5.92 Å². The number of carbonyl (C=O) groups excluding carboxylic acids is 1. The van der Waals surface area contributed by atoms with E-state index in [2.05, 4.69) is 46.5 Å². The van der Waals surface area contributed by atoms with E-state index in [1.807, 2.05) is 13.8 Å². The molecule has 1 fully saturated rings. The molecule has 3 rings (SSSR count). The molecule has 0 radical (unpaired) electrons. The van der Waals surface area contributed by atoms with Crippen LogP contribution >= 0.6 is 11.6 Å². The summed E-state index contributed by atoms with van der Waals surface area (Å²) >= 11 is 6.14. The molecule has 26 heavy (non-hydrogen) atoms. The van der Waals surface area contributed by atoms with E-state index < -0.39 is 0 Å². The van der Waals surface area contributed by atoms with Gasteiger partial charge in [-0.15, -0.1) is 0 Å². The van der Waals surface area contributed by atoms with Crippen LogP contribution in [0, 0.1) is 26.7 Å². The van der Waals surface area contributed by atoms with Crippen LogP contribution in [0.3, 0.4) is 0 Å². The van der Waals surface area contributed by atoms with Crippen LogP contribution in [0.1, 0.15) is 28.9 Å². The number of likely N-dealkylation sites (tertiary alicyclic amines) is 1. The third-order valence-electron chi connectivity index (χ3n) is 5.20. The Morgan fingerprint density at radius 3 is 2.77 bits per heavy atom. The van der Waals surface area contributed by atoms with Gasteiger partial charge in [-0.2, -0.15) is 5.10 Å². The molecule has 0 saturated carbocycles. The summed E-state index contributed by atoms with van der Waals surface area (Å²) in [6.45, 7) is 9.94. The van der Waals surface area contributed by atoms with Crippen LogP contribution in [0.15, 0.2) is 24.3 Å². The summed E-state index contributed by atoms with van der Waals surface area (Å²) in [5.41, 5.74) is 4.33. The molecule has 5 nitrogen and oxygen atoms in total. The Balaban J connectivity index is 1.45. The molecule has 1 saturated heterocycles. The van der Waals surface area contributed by atoms with Gasteiger partial charge in [0.2, 0.25) is 5.91 Å². The summed E-state index contributed by atoms with van der Waals surface area (Å²) in [5, 5.41) is 8.01. The highest BCUT2D eigenvalue weighted by Crippen LogP contribution is 2.20. The number of nitrogens with zero attached hydrogens (tertiary/aromatic N) is 3. The van der Waals surface area contributed by atoms with Gasteiger partial charge in [-0.25, -0.2) is 0 Å². The first-order valence-electron chi connectivity index (χ1n) is 9.17. The summed E-state index contributed by atoms with van der Waals surface area (Å²) < 4.78 is 1.67. The minimum absolute atomic E-state index is 0.00961. The Morgan fingerprint density at radius 2 is 2.08 bits per heavy atom. The molecule has 1 aromatic heterocycles. The van der Waals surface area contributed by atoms with Crippen molar-refractivity contribution in [3.8, 4) is 0 Å². The molecule has 0 aliphatic carbocycles. The molecule has 1 amide bonds. The lowest BCUT2D eigenvalue weighted by Gasteiger charge is -2.17. The topological polar surface area (TPSA) is 50.2 Å². The van der Waals surface area contributed by atoms with Crippen LogP contribution in [-0.2, 0) is 17.9 Å². The van der Waals surface area contributed by atoms with E-state index in [-0.39, 0.29) is 12.5 Å². The molecule has 1 aliphatic heterocycles. The summed E-state index contributed by atoms with van der Waals surface area (Å²) in [6.07, 6.45) is 1.12. The maximum absolute atomic E-state index is 12.2. The fourth-order valence-electron chi connectivity index (χ4n) is 3.53. The van der Waals surface area contributed by atoms with Gasteiger partial charge >= 0.3 is 0 Å². The minimum atomic E-state index is -0.00961. The second-order valence-electron chi connectivity index (χ2n) is 7.26. The predicted molar refractivity (Wildman–Crippen MR) is 104 cm³/mol.